The Morgan fingerprint density at radius 3 is 2.68 bits per heavy atom. The van der Waals surface area contributed by atoms with Gasteiger partial charge in [0.15, 0.2) is 0 Å². The minimum atomic E-state index is -4.32. The Hall–Kier alpha value is -1.23. The standard InChI is InChI=1S/C14H18F3NO/c15-14(16,17)12-7-1-2-8-13(12)18-9-3-5-11(18)6-4-10-19/h1-2,7-8,11,19H,3-6,9-10H2. The molecule has 1 aliphatic heterocycles. The SMILES string of the molecule is OCCCC1CCCN1c1ccccc1C(F)(F)F. The maximum absolute atomic E-state index is 13.0. The Kier molecular flexibility index (Phi) is 4.34. The van der Waals surface area contributed by atoms with E-state index in [-0.39, 0.29) is 18.3 Å². The molecule has 1 fully saturated rings. The van der Waals surface area contributed by atoms with E-state index in [0.717, 1.165) is 25.3 Å². The zero-order valence-corrected chi connectivity index (χ0v) is 10.7. The van der Waals surface area contributed by atoms with Crippen LogP contribution in [0.15, 0.2) is 24.3 Å². The van der Waals surface area contributed by atoms with E-state index >= 15 is 0 Å². The molecule has 1 aromatic rings. The van der Waals surface area contributed by atoms with E-state index in [9.17, 15) is 13.2 Å². The Morgan fingerprint density at radius 2 is 2.00 bits per heavy atom. The molecule has 0 aliphatic carbocycles. The van der Waals surface area contributed by atoms with E-state index in [1.165, 1.54) is 6.07 Å². The van der Waals surface area contributed by atoms with Gasteiger partial charge in [-0.3, -0.25) is 0 Å². The lowest BCUT2D eigenvalue weighted by molar-refractivity contribution is -0.137. The van der Waals surface area contributed by atoms with Crippen molar-refractivity contribution in [1.29, 1.82) is 0 Å². The number of rotatable bonds is 4. The van der Waals surface area contributed by atoms with Crippen LogP contribution in [0.2, 0.25) is 0 Å². The summed E-state index contributed by atoms with van der Waals surface area (Å²) in [5, 5.41) is 8.87. The van der Waals surface area contributed by atoms with E-state index in [1.807, 2.05) is 4.90 Å². The first kappa shape index (κ1) is 14.2. The van der Waals surface area contributed by atoms with Gasteiger partial charge in [-0.05, 0) is 37.8 Å². The summed E-state index contributed by atoms with van der Waals surface area (Å²) in [4.78, 5) is 1.85. The van der Waals surface area contributed by atoms with Crippen molar-refractivity contribution in [2.24, 2.45) is 0 Å². The number of nitrogens with zero attached hydrogens (tertiary/aromatic N) is 1. The summed E-state index contributed by atoms with van der Waals surface area (Å²) >= 11 is 0. The van der Waals surface area contributed by atoms with Crippen LogP contribution >= 0.6 is 0 Å². The summed E-state index contributed by atoms with van der Waals surface area (Å²) in [5.41, 5.74) is -0.290. The van der Waals surface area contributed by atoms with Gasteiger partial charge in [0.2, 0.25) is 0 Å². The van der Waals surface area contributed by atoms with Gasteiger partial charge in [-0.1, -0.05) is 12.1 Å². The van der Waals surface area contributed by atoms with Gasteiger partial charge in [-0.2, -0.15) is 13.2 Å². The highest BCUT2D eigenvalue weighted by Gasteiger charge is 2.36. The number of alkyl halides is 3. The molecule has 0 bridgehead atoms. The van der Waals surface area contributed by atoms with Crippen LogP contribution in [-0.2, 0) is 6.18 Å². The van der Waals surface area contributed by atoms with Crippen molar-refractivity contribution < 1.29 is 18.3 Å². The molecule has 0 radical (unpaired) electrons. The molecule has 0 aromatic heterocycles. The Morgan fingerprint density at radius 1 is 1.26 bits per heavy atom. The molecule has 1 heterocycles. The molecule has 0 spiro atoms. The molecule has 1 aromatic carbocycles. The van der Waals surface area contributed by atoms with Crippen molar-refractivity contribution in [3.05, 3.63) is 29.8 Å². The molecule has 1 saturated heterocycles. The van der Waals surface area contributed by atoms with Gasteiger partial charge < -0.3 is 10.0 Å². The maximum Gasteiger partial charge on any atom is 0.418 e. The second-order valence-corrected chi connectivity index (χ2v) is 4.87. The van der Waals surface area contributed by atoms with Crippen LogP contribution < -0.4 is 4.90 Å². The fraction of sp³-hybridized carbons (Fsp3) is 0.571. The number of aliphatic hydroxyl groups is 1. The zero-order valence-electron chi connectivity index (χ0n) is 10.7. The molecule has 5 heteroatoms. The van der Waals surface area contributed by atoms with Gasteiger partial charge in [-0.25, -0.2) is 0 Å². The Balaban J connectivity index is 2.25. The predicted octanol–water partition coefficient (Wildman–Crippen LogP) is 3.45. The third-order valence-corrected chi connectivity index (χ3v) is 3.59. The first-order valence-corrected chi connectivity index (χ1v) is 6.58. The first-order chi connectivity index (χ1) is 9.04. The topological polar surface area (TPSA) is 23.5 Å². The van der Waals surface area contributed by atoms with Crippen LogP contribution in [-0.4, -0.2) is 24.3 Å². The third-order valence-electron chi connectivity index (χ3n) is 3.59. The summed E-state index contributed by atoms with van der Waals surface area (Å²) in [6, 6.07) is 5.85. The van der Waals surface area contributed by atoms with E-state index < -0.39 is 11.7 Å². The van der Waals surface area contributed by atoms with Crippen molar-refractivity contribution in [3.63, 3.8) is 0 Å². The average Bonchev–Trinajstić information content (AvgIpc) is 2.83. The summed E-state index contributed by atoms with van der Waals surface area (Å²) in [6.45, 7) is 0.744. The third kappa shape index (κ3) is 3.21. The molecule has 106 valence electrons. The van der Waals surface area contributed by atoms with Gasteiger partial charge >= 0.3 is 6.18 Å². The maximum atomic E-state index is 13.0. The number of para-hydroxylation sites is 1. The van der Waals surface area contributed by atoms with Crippen LogP contribution in [0.1, 0.15) is 31.2 Å². The molecule has 1 unspecified atom stereocenters. The molecule has 0 amide bonds. The fourth-order valence-electron chi connectivity index (χ4n) is 2.74. The van der Waals surface area contributed by atoms with E-state index in [4.69, 9.17) is 5.11 Å². The number of hydrogen-bond donors (Lipinski definition) is 1. The van der Waals surface area contributed by atoms with Crippen molar-refractivity contribution in [2.45, 2.75) is 37.9 Å². The zero-order chi connectivity index (χ0) is 13.9. The number of benzene rings is 1. The van der Waals surface area contributed by atoms with Crippen molar-refractivity contribution in [3.8, 4) is 0 Å². The molecular formula is C14H18F3NO. The van der Waals surface area contributed by atoms with E-state index in [2.05, 4.69) is 0 Å². The second-order valence-electron chi connectivity index (χ2n) is 4.87. The quantitative estimate of drug-likeness (QED) is 0.908. The lowest BCUT2D eigenvalue weighted by Gasteiger charge is -2.29. The van der Waals surface area contributed by atoms with Gasteiger partial charge in [-0.15, -0.1) is 0 Å². The Bertz CT molecular complexity index is 419. The monoisotopic (exact) mass is 273 g/mol. The molecule has 0 saturated carbocycles. The fourth-order valence-corrected chi connectivity index (χ4v) is 2.74. The van der Waals surface area contributed by atoms with Crippen LogP contribution in [0.4, 0.5) is 18.9 Å². The van der Waals surface area contributed by atoms with Crippen molar-refractivity contribution in [1.82, 2.24) is 0 Å². The average molecular weight is 273 g/mol. The Labute approximate surface area is 110 Å². The van der Waals surface area contributed by atoms with E-state index in [0.29, 0.717) is 13.0 Å². The van der Waals surface area contributed by atoms with E-state index in [1.54, 1.807) is 12.1 Å². The van der Waals surface area contributed by atoms with Gasteiger partial charge in [0.25, 0.3) is 0 Å². The molecule has 1 N–H and O–H groups in total. The molecule has 2 rings (SSSR count). The molecule has 19 heavy (non-hydrogen) atoms. The second kappa shape index (κ2) is 5.82. The van der Waals surface area contributed by atoms with Gasteiger partial charge in [0, 0.05) is 24.9 Å². The van der Waals surface area contributed by atoms with Crippen LogP contribution in [0.25, 0.3) is 0 Å². The summed E-state index contributed by atoms with van der Waals surface area (Å²) in [5.74, 6) is 0. The highest BCUT2D eigenvalue weighted by molar-refractivity contribution is 5.56. The van der Waals surface area contributed by atoms with Gasteiger partial charge in [0.1, 0.15) is 0 Å². The molecular weight excluding hydrogens is 255 g/mol. The minimum Gasteiger partial charge on any atom is -0.396 e. The highest BCUT2D eigenvalue weighted by Crippen LogP contribution is 2.39. The minimum absolute atomic E-state index is 0.0885. The number of halogens is 3. The number of aliphatic hydroxyl groups excluding tert-OH is 1. The summed E-state index contributed by atoms with van der Waals surface area (Å²) in [6.07, 6.45) is -1.15. The molecule has 2 nitrogen and oxygen atoms in total. The largest absolute Gasteiger partial charge is 0.418 e. The van der Waals surface area contributed by atoms with Crippen LogP contribution in [0.3, 0.4) is 0 Å². The smallest absolute Gasteiger partial charge is 0.396 e. The van der Waals surface area contributed by atoms with Crippen LogP contribution in [0, 0.1) is 0 Å². The van der Waals surface area contributed by atoms with Crippen molar-refractivity contribution in [2.75, 3.05) is 18.1 Å². The van der Waals surface area contributed by atoms with Crippen molar-refractivity contribution >= 4 is 5.69 Å². The number of anilines is 1. The highest BCUT2D eigenvalue weighted by atomic mass is 19.4. The molecule has 1 aliphatic rings. The normalized spacial score (nSPS) is 20.0. The predicted molar refractivity (Wildman–Crippen MR) is 68.1 cm³/mol. The number of hydrogen-bond acceptors (Lipinski definition) is 2. The summed E-state index contributed by atoms with van der Waals surface area (Å²) < 4.78 is 39.0. The lowest BCUT2D eigenvalue weighted by atomic mass is 10.1. The summed E-state index contributed by atoms with van der Waals surface area (Å²) in [7, 11) is 0. The van der Waals surface area contributed by atoms with Gasteiger partial charge in [0.05, 0.1) is 5.56 Å². The first-order valence-electron chi connectivity index (χ1n) is 6.58. The van der Waals surface area contributed by atoms with Crippen LogP contribution in [0.5, 0.6) is 0 Å². The lowest BCUT2D eigenvalue weighted by Crippen LogP contribution is -2.31. The molecule has 1 atom stereocenters.